The van der Waals surface area contributed by atoms with E-state index in [9.17, 15) is 33.6 Å². The molecule has 1 saturated carbocycles. The van der Waals surface area contributed by atoms with Crippen LogP contribution >= 0.6 is 0 Å². The molecule has 4 N–H and O–H groups in total. The highest BCUT2D eigenvalue weighted by atomic mass is 28.4. The summed E-state index contributed by atoms with van der Waals surface area (Å²) in [6.45, 7) is 38.6. The average molecular weight is 1340 g/mol. The number of likely N-dealkylation sites (N-methyl/N-ethyl adjacent to an activating group) is 7. The molecule has 538 valence electrons. The van der Waals surface area contributed by atoms with Crippen LogP contribution < -0.4 is 21.3 Å². The van der Waals surface area contributed by atoms with Gasteiger partial charge in [-0.05, 0) is 125 Å². The van der Waals surface area contributed by atoms with E-state index < -0.39 is 164 Å². The first-order chi connectivity index (χ1) is 43.1. The summed E-state index contributed by atoms with van der Waals surface area (Å²) in [6, 6.07) is -12.0. The highest BCUT2D eigenvalue weighted by molar-refractivity contribution is 6.74. The number of ether oxygens (including phenoxy) is 1. The number of nitrogens with one attached hydrogen (secondary N) is 4. The number of hydrogen-bond acceptors (Lipinski definition) is 13. The minimum Gasteiger partial charge on any atom is -0.411 e. The summed E-state index contributed by atoms with van der Waals surface area (Å²) in [6.07, 6.45) is 2.00. The Morgan fingerprint density at radius 3 is 1.35 bits per heavy atom. The third kappa shape index (κ3) is 21.2. The molecule has 3 rings (SSSR count). The monoisotopic (exact) mass is 1340 g/mol. The lowest BCUT2D eigenvalue weighted by atomic mass is 9.90. The Labute approximate surface area is 565 Å². The average Bonchev–Trinajstić information content (AvgIpc) is 1.55. The largest absolute Gasteiger partial charge is 0.411 e. The smallest absolute Gasteiger partial charge is 0.246 e. The summed E-state index contributed by atoms with van der Waals surface area (Å²) in [4.78, 5) is 173. The van der Waals surface area contributed by atoms with Crippen molar-refractivity contribution in [3.8, 4) is 0 Å². The third-order valence-electron chi connectivity index (χ3n) is 19.8. The van der Waals surface area contributed by atoms with Crippen LogP contribution in [0.1, 0.15) is 183 Å². The molecule has 25 heteroatoms. The van der Waals surface area contributed by atoms with E-state index in [0.29, 0.717) is 6.42 Å². The van der Waals surface area contributed by atoms with Crippen LogP contribution in [0.5, 0.6) is 0 Å². The lowest BCUT2D eigenvalue weighted by Crippen LogP contribution is -2.65. The zero-order valence-corrected chi connectivity index (χ0v) is 63.8. The molecule has 3 fully saturated rings. The second kappa shape index (κ2) is 34.0. The molecule has 2 heterocycles. The van der Waals surface area contributed by atoms with Gasteiger partial charge in [0.15, 0.2) is 8.32 Å². The molecule has 2 aliphatic heterocycles. The van der Waals surface area contributed by atoms with Crippen LogP contribution in [0.3, 0.4) is 0 Å². The topological polar surface area (TPSA) is 280 Å². The van der Waals surface area contributed by atoms with Crippen LogP contribution in [-0.4, -0.2) is 242 Å². The molecule has 0 aromatic heterocycles. The molecule has 0 bridgehead atoms. The molecule has 1 spiro atoms. The van der Waals surface area contributed by atoms with Crippen LogP contribution in [0.15, 0.2) is 0 Å². The second-order valence-electron chi connectivity index (χ2n) is 31.5. The van der Waals surface area contributed by atoms with E-state index in [1.54, 1.807) is 34.6 Å². The van der Waals surface area contributed by atoms with E-state index in [-0.39, 0.29) is 72.5 Å². The van der Waals surface area contributed by atoms with Crippen molar-refractivity contribution < 1.29 is 61.9 Å². The Hall–Kier alpha value is -5.69. The third-order valence-corrected chi connectivity index (χ3v) is 24.2. The first-order valence-corrected chi connectivity index (χ1v) is 37.4. The fourth-order valence-corrected chi connectivity index (χ4v) is 13.8. The van der Waals surface area contributed by atoms with Gasteiger partial charge in [0.1, 0.15) is 60.4 Å². The van der Waals surface area contributed by atoms with Crippen molar-refractivity contribution in [2.45, 2.75) is 279 Å². The molecular formula is C69H125N11O13Si. The first-order valence-electron chi connectivity index (χ1n) is 34.5. The van der Waals surface area contributed by atoms with E-state index >= 15 is 19.2 Å². The number of carbonyl (C=O) groups is 11. The van der Waals surface area contributed by atoms with Crippen LogP contribution in [0, 0.1) is 41.4 Å². The molecule has 24 nitrogen and oxygen atoms in total. The van der Waals surface area contributed by atoms with E-state index in [0.717, 1.165) is 12.8 Å². The molecule has 2 saturated heterocycles. The van der Waals surface area contributed by atoms with Gasteiger partial charge in [-0.15, -0.1) is 0 Å². The number of carbonyl (C=O) groups excluding carboxylic acids is 11. The SMILES string of the molecule is CC[C@@H]1NC(=O)[C@H]([C@H](O[Si](C)(C)C(C)(C)C)[C@H](C)C[C@H]2OC23CC3)N(C)C(=O)[C@H](C(C)C)N(C)C(=O)[C@H](CC(C)C)N(C)C(=O)[C@H](CC(C)C)N(C)C(=O)[C@@H](C)NC(=O)[C@H](C)NC(=O)[C@H](CC(C)C)N(C)C(=O)[C@H](C(C)C)NC(=O)[C@H](CC(C)C)N(C)C(=O)CN(C)C1=O. The second-order valence-corrected chi connectivity index (χ2v) is 36.3. The maximum Gasteiger partial charge on any atom is 0.246 e. The summed E-state index contributed by atoms with van der Waals surface area (Å²) < 4.78 is 13.6. The van der Waals surface area contributed by atoms with Gasteiger partial charge in [0.2, 0.25) is 65.0 Å². The number of rotatable bonds is 17. The quantitative estimate of drug-likeness (QED) is 0.101. The summed E-state index contributed by atoms with van der Waals surface area (Å²) in [5.41, 5.74) is -0.208. The minimum absolute atomic E-state index is 0.0621. The van der Waals surface area contributed by atoms with E-state index in [1.165, 1.54) is 97.5 Å². The molecule has 0 aromatic rings. The summed E-state index contributed by atoms with van der Waals surface area (Å²) in [7, 11) is 7.49. The van der Waals surface area contributed by atoms with Crippen LogP contribution in [0.4, 0.5) is 0 Å². The Morgan fingerprint density at radius 2 is 0.915 bits per heavy atom. The molecule has 3 aliphatic rings. The minimum atomic E-state index is -2.83. The van der Waals surface area contributed by atoms with Crippen molar-refractivity contribution in [1.82, 2.24) is 55.6 Å². The number of nitrogens with zero attached hydrogens (tertiary/aromatic N) is 7. The Bertz CT molecular complexity index is 2680. The predicted molar refractivity (Wildman–Crippen MR) is 367 cm³/mol. The van der Waals surface area contributed by atoms with Crippen LogP contribution in [0.25, 0.3) is 0 Å². The van der Waals surface area contributed by atoms with Gasteiger partial charge in [0.25, 0.3) is 0 Å². The van der Waals surface area contributed by atoms with Crippen molar-refractivity contribution in [3.63, 3.8) is 0 Å². The van der Waals surface area contributed by atoms with Gasteiger partial charge in [-0.2, -0.15) is 0 Å². The van der Waals surface area contributed by atoms with E-state index in [4.69, 9.17) is 9.16 Å². The maximum absolute atomic E-state index is 15.9. The van der Waals surface area contributed by atoms with Gasteiger partial charge in [0, 0.05) is 49.3 Å². The summed E-state index contributed by atoms with van der Waals surface area (Å²) >= 11 is 0. The maximum atomic E-state index is 15.9. The molecule has 0 unspecified atom stereocenters. The standard InChI is InChI=1S/C69H125N11O13Si/c1-29-47-63(87)74(20)37-53(81)75(21)48(32-38(2)3)60(84)73-54(42(10)11)66(90)76(22)49(33-39(4)5)59(83)70-45(15)58(82)71-46(16)62(86)77(23)50(34-40(6)7)64(88)78(24)51(35-41(8)9)65(89)79(25)55(43(12)13)67(91)80(26)56(61(85)72-47)57(93-94(27,28)68(17,18)19)44(14)36-52-69(92-52)30-31-69/h38-52,54-57H,29-37H2,1-28H3,(H,70,83)(H,71,82)(H,72,85)(H,73,84)/t44-,45+,46-,47+,48+,49+,50+,51+,52-,54+,55+,56+,57-/m1/s1. The Kier molecular flexibility index (Phi) is 29.9. The Morgan fingerprint density at radius 1 is 0.489 bits per heavy atom. The molecule has 11 amide bonds. The number of epoxide rings is 1. The van der Waals surface area contributed by atoms with Gasteiger partial charge in [-0.1, -0.05) is 118 Å². The van der Waals surface area contributed by atoms with Crippen molar-refractivity contribution in [3.05, 3.63) is 0 Å². The summed E-state index contributed by atoms with van der Waals surface area (Å²) in [5.74, 6) is -8.97. The predicted octanol–water partition coefficient (Wildman–Crippen LogP) is 5.65. The number of hydrogen-bond donors (Lipinski definition) is 4. The van der Waals surface area contributed by atoms with Gasteiger partial charge in [-0.3, -0.25) is 52.7 Å². The zero-order valence-electron chi connectivity index (χ0n) is 62.8. The lowest BCUT2D eigenvalue weighted by molar-refractivity contribution is -0.157. The first kappa shape index (κ1) is 82.5. The van der Waals surface area contributed by atoms with Crippen molar-refractivity contribution in [2.75, 3.05) is 55.9 Å². The van der Waals surface area contributed by atoms with E-state index in [1.807, 2.05) is 62.3 Å². The fraction of sp³-hybridized carbons (Fsp3) is 0.841. The van der Waals surface area contributed by atoms with Gasteiger partial charge >= 0.3 is 0 Å². The van der Waals surface area contributed by atoms with Crippen molar-refractivity contribution >= 4 is 73.3 Å². The van der Waals surface area contributed by atoms with Gasteiger partial charge < -0.3 is 64.7 Å². The molecule has 94 heavy (non-hydrogen) atoms. The molecule has 0 radical (unpaired) electrons. The summed E-state index contributed by atoms with van der Waals surface area (Å²) in [5, 5.41) is 10.9. The van der Waals surface area contributed by atoms with Crippen molar-refractivity contribution in [1.29, 1.82) is 0 Å². The van der Waals surface area contributed by atoms with Crippen LogP contribution in [0.2, 0.25) is 18.1 Å². The normalized spacial score (nSPS) is 28.2. The molecule has 0 aromatic carbocycles. The fourth-order valence-electron chi connectivity index (χ4n) is 12.4. The van der Waals surface area contributed by atoms with Crippen LogP contribution in [-0.2, 0) is 61.9 Å². The van der Waals surface area contributed by atoms with Gasteiger partial charge in [0.05, 0.1) is 24.4 Å². The van der Waals surface area contributed by atoms with E-state index in [2.05, 4.69) is 55.1 Å². The highest BCUT2D eigenvalue weighted by Crippen LogP contribution is 2.59. The van der Waals surface area contributed by atoms with Gasteiger partial charge in [-0.25, -0.2) is 0 Å². The number of amides is 11. The molecule has 1 aliphatic carbocycles. The Balaban J connectivity index is 2.39. The highest BCUT2D eigenvalue weighted by Gasteiger charge is 2.66. The zero-order chi connectivity index (χ0) is 72.5. The molecule has 13 atom stereocenters. The van der Waals surface area contributed by atoms with Crippen molar-refractivity contribution in [2.24, 2.45) is 41.4 Å². The molecular weight excluding hydrogens is 1220 g/mol. The lowest BCUT2D eigenvalue weighted by Gasteiger charge is -2.46.